The minimum absolute atomic E-state index is 0.184. The number of nitrogen functional groups attached to an aromatic ring is 1. The number of nitrogens with two attached hydrogens (primary N) is 1. The summed E-state index contributed by atoms with van der Waals surface area (Å²) in [6.45, 7) is 1.84. The van der Waals surface area contributed by atoms with E-state index in [2.05, 4.69) is 15.0 Å². The molecule has 1 aliphatic rings. The van der Waals surface area contributed by atoms with Gasteiger partial charge in [0.25, 0.3) is 0 Å². The molecule has 0 aromatic carbocycles. The van der Waals surface area contributed by atoms with E-state index in [1.807, 2.05) is 6.92 Å². The first-order valence-corrected chi connectivity index (χ1v) is 5.43. The largest absolute Gasteiger partial charge is 0.390 e. The van der Waals surface area contributed by atoms with Crippen molar-refractivity contribution < 1.29 is 9.84 Å². The highest BCUT2D eigenvalue weighted by Crippen LogP contribution is 2.30. The van der Waals surface area contributed by atoms with Gasteiger partial charge < -0.3 is 15.6 Å². The minimum Gasteiger partial charge on any atom is -0.390 e. The van der Waals surface area contributed by atoms with Crippen LogP contribution in [-0.4, -0.2) is 36.8 Å². The molecule has 0 amide bonds. The first-order valence-electron chi connectivity index (χ1n) is 5.43. The van der Waals surface area contributed by atoms with Crippen molar-refractivity contribution in [1.29, 1.82) is 0 Å². The third kappa shape index (κ3) is 1.55. The first-order chi connectivity index (χ1) is 8.16. The van der Waals surface area contributed by atoms with Crippen LogP contribution in [0, 0.1) is 0 Å². The molecule has 17 heavy (non-hydrogen) atoms. The number of aromatic nitrogens is 4. The molecule has 3 heterocycles. The fraction of sp³-hybridized carbons (Fsp3) is 0.500. The fourth-order valence-electron chi connectivity index (χ4n) is 2.05. The van der Waals surface area contributed by atoms with E-state index in [-0.39, 0.29) is 12.3 Å². The summed E-state index contributed by atoms with van der Waals surface area (Å²) in [4.78, 5) is 12.2. The number of ether oxygens (including phenoxy) is 1. The fourth-order valence-corrected chi connectivity index (χ4v) is 2.05. The summed E-state index contributed by atoms with van der Waals surface area (Å²) in [6, 6.07) is 0. The topological polar surface area (TPSA) is 99.1 Å². The van der Waals surface area contributed by atoms with E-state index in [4.69, 9.17) is 10.5 Å². The van der Waals surface area contributed by atoms with E-state index in [1.54, 1.807) is 10.9 Å². The molecule has 0 saturated carbocycles. The number of nitrogens with zero attached hydrogens (tertiary/aromatic N) is 4. The van der Waals surface area contributed by atoms with Crippen LogP contribution in [0.5, 0.6) is 0 Å². The van der Waals surface area contributed by atoms with Crippen LogP contribution >= 0.6 is 0 Å². The van der Waals surface area contributed by atoms with E-state index in [0.29, 0.717) is 23.4 Å². The van der Waals surface area contributed by atoms with Gasteiger partial charge in [-0.25, -0.2) is 15.0 Å². The molecule has 0 spiro atoms. The molecule has 2 aromatic heterocycles. The summed E-state index contributed by atoms with van der Waals surface area (Å²) in [5.41, 5.74) is 6.89. The maximum absolute atomic E-state index is 9.68. The zero-order valence-electron chi connectivity index (χ0n) is 9.32. The molecule has 3 N–H and O–H groups in total. The molecule has 7 nitrogen and oxygen atoms in total. The Kier molecular flexibility index (Phi) is 2.23. The van der Waals surface area contributed by atoms with Gasteiger partial charge in [0.2, 0.25) is 0 Å². The van der Waals surface area contributed by atoms with Gasteiger partial charge in [-0.2, -0.15) is 0 Å². The first kappa shape index (κ1) is 10.4. The van der Waals surface area contributed by atoms with Gasteiger partial charge in [0, 0.05) is 6.42 Å². The zero-order chi connectivity index (χ0) is 12.0. The summed E-state index contributed by atoms with van der Waals surface area (Å²) < 4.78 is 7.42. The van der Waals surface area contributed by atoms with Crippen LogP contribution in [0.2, 0.25) is 0 Å². The Labute approximate surface area is 97.3 Å². The highest BCUT2D eigenvalue weighted by Gasteiger charge is 2.32. The summed E-state index contributed by atoms with van der Waals surface area (Å²) in [5, 5.41) is 9.68. The summed E-state index contributed by atoms with van der Waals surface area (Å²) in [5.74, 6) is 0.348. The monoisotopic (exact) mass is 235 g/mol. The van der Waals surface area contributed by atoms with E-state index in [0.717, 1.165) is 0 Å². The van der Waals surface area contributed by atoms with Crippen molar-refractivity contribution in [3.63, 3.8) is 0 Å². The van der Waals surface area contributed by atoms with Crippen LogP contribution < -0.4 is 5.73 Å². The van der Waals surface area contributed by atoms with Crippen LogP contribution in [-0.2, 0) is 4.74 Å². The van der Waals surface area contributed by atoms with Gasteiger partial charge in [-0.05, 0) is 6.92 Å². The third-order valence-corrected chi connectivity index (χ3v) is 3.05. The van der Waals surface area contributed by atoms with E-state index in [1.165, 1.54) is 6.33 Å². The van der Waals surface area contributed by atoms with Crippen LogP contribution in [0.15, 0.2) is 12.7 Å². The molecule has 90 valence electrons. The van der Waals surface area contributed by atoms with Crippen LogP contribution in [0.4, 0.5) is 5.82 Å². The molecule has 1 unspecified atom stereocenters. The number of aliphatic hydroxyl groups excluding tert-OH is 1. The molecule has 0 bridgehead atoms. The molecule has 7 heteroatoms. The molecule has 1 aliphatic heterocycles. The van der Waals surface area contributed by atoms with Crippen molar-refractivity contribution >= 4 is 17.0 Å². The highest BCUT2D eigenvalue weighted by molar-refractivity contribution is 5.81. The molecule has 0 radical (unpaired) electrons. The molecule has 1 fully saturated rings. The maximum Gasteiger partial charge on any atom is 0.167 e. The Balaban J connectivity index is 2.04. The Morgan fingerprint density at radius 2 is 2.29 bits per heavy atom. The van der Waals surface area contributed by atoms with Gasteiger partial charge in [0.15, 0.2) is 11.5 Å². The van der Waals surface area contributed by atoms with E-state index >= 15 is 0 Å². The lowest BCUT2D eigenvalue weighted by Gasteiger charge is -2.12. The molecule has 3 atom stereocenters. The van der Waals surface area contributed by atoms with Crippen molar-refractivity contribution in [1.82, 2.24) is 19.5 Å². The highest BCUT2D eigenvalue weighted by atomic mass is 16.5. The Bertz CT molecular complexity index is 545. The van der Waals surface area contributed by atoms with Gasteiger partial charge in [0.05, 0.1) is 18.5 Å². The average Bonchev–Trinajstić information content (AvgIpc) is 2.85. The van der Waals surface area contributed by atoms with Gasteiger partial charge >= 0.3 is 0 Å². The maximum atomic E-state index is 9.68. The second-order valence-electron chi connectivity index (χ2n) is 4.18. The number of imidazole rings is 1. The number of hydrogen-bond acceptors (Lipinski definition) is 6. The SMILES string of the molecule is CC1O[C@@H](n2cnc3c(N)ncnc32)C[C@H]1O. The number of rotatable bonds is 1. The molecule has 2 aromatic rings. The van der Waals surface area contributed by atoms with Crippen molar-refractivity contribution in [2.45, 2.75) is 31.8 Å². The molecule has 1 saturated heterocycles. The Morgan fingerprint density at radius 3 is 3.00 bits per heavy atom. The van der Waals surface area contributed by atoms with E-state index in [9.17, 15) is 5.11 Å². The second-order valence-corrected chi connectivity index (χ2v) is 4.18. The van der Waals surface area contributed by atoms with Gasteiger partial charge in [-0.3, -0.25) is 4.57 Å². The summed E-state index contributed by atoms with van der Waals surface area (Å²) >= 11 is 0. The quantitative estimate of drug-likeness (QED) is 0.726. The van der Waals surface area contributed by atoms with Crippen LogP contribution in [0.25, 0.3) is 11.2 Å². The van der Waals surface area contributed by atoms with Crippen molar-refractivity contribution in [2.75, 3.05) is 5.73 Å². The van der Waals surface area contributed by atoms with E-state index < -0.39 is 6.10 Å². The summed E-state index contributed by atoms with van der Waals surface area (Å²) in [6.07, 6.45) is 2.64. The van der Waals surface area contributed by atoms with Gasteiger partial charge in [0.1, 0.15) is 18.1 Å². The standard InChI is InChI=1S/C10H13N5O2/c1-5-6(16)2-7(17-5)15-4-14-8-9(11)12-3-13-10(8)15/h3-7,16H,2H2,1H3,(H2,11,12,13)/t5?,6-,7-/m1/s1. The smallest absolute Gasteiger partial charge is 0.167 e. The Morgan fingerprint density at radius 1 is 1.47 bits per heavy atom. The predicted molar refractivity (Wildman–Crippen MR) is 59.9 cm³/mol. The lowest BCUT2D eigenvalue weighted by atomic mass is 10.2. The molecule has 0 aliphatic carbocycles. The summed E-state index contributed by atoms with van der Waals surface area (Å²) in [7, 11) is 0. The molecular weight excluding hydrogens is 222 g/mol. The van der Waals surface area contributed by atoms with Crippen LogP contribution in [0.1, 0.15) is 19.6 Å². The van der Waals surface area contributed by atoms with Gasteiger partial charge in [-0.1, -0.05) is 0 Å². The number of fused-ring (bicyclic) bond motifs is 1. The number of aliphatic hydroxyl groups is 1. The number of hydrogen-bond donors (Lipinski definition) is 2. The van der Waals surface area contributed by atoms with Crippen molar-refractivity contribution in [3.8, 4) is 0 Å². The second kappa shape index (κ2) is 3.64. The van der Waals surface area contributed by atoms with Crippen LogP contribution in [0.3, 0.4) is 0 Å². The zero-order valence-corrected chi connectivity index (χ0v) is 9.32. The Hall–Kier alpha value is -1.73. The lowest BCUT2D eigenvalue weighted by Crippen LogP contribution is -2.15. The normalized spacial score (nSPS) is 28.9. The third-order valence-electron chi connectivity index (χ3n) is 3.05. The van der Waals surface area contributed by atoms with Crippen molar-refractivity contribution in [3.05, 3.63) is 12.7 Å². The van der Waals surface area contributed by atoms with Crippen molar-refractivity contribution in [2.24, 2.45) is 0 Å². The number of anilines is 1. The predicted octanol–water partition coefficient (Wildman–Crippen LogP) is 0.0768. The average molecular weight is 235 g/mol. The lowest BCUT2D eigenvalue weighted by molar-refractivity contribution is -0.00632. The minimum atomic E-state index is -0.461. The molecule has 3 rings (SSSR count). The molecular formula is C10H13N5O2. The van der Waals surface area contributed by atoms with Gasteiger partial charge in [-0.15, -0.1) is 0 Å².